The Labute approximate surface area is 120 Å². The third kappa shape index (κ3) is 12.6. The Kier molecular flexibility index (Phi) is 14.2. The zero-order valence-electron chi connectivity index (χ0n) is 13.3. The average molecular weight is 273 g/mol. The van der Waals surface area contributed by atoms with Gasteiger partial charge in [0.1, 0.15) is 6.23 Å². The van der Waals surface area contributed by atoms with Gasteiger partial charge in [-0.2, -0.15) is 0 Å². The fourth-order valence-electron chi connectivity index (χ4n) is 2.26. The van der Waals surface area contributed by atoms with Gasteiger partial charge in [0.05, 0.1) is 6.10 Å². The number of hydrogen-bond acceptors (Lipinski definition) is 3. The van der Waals surface area contributed by atoms with Crippen LogP contribution in [0.3, 0.4) is 0 Å². The van der Waals surface area contributed by atoms with Crippen LogP contribution in [-0.2, 0) is 4.74 Å². The standard InChI is InChI=1S/C16H35NO2/c1-4-5-6-7-8-9-10-11-12-13-14-19-16(17-3)15(2)18/h15-18H,4-14H2,1-3H3. The van der Waals surface area contributed by atoms with Crippen molar-refractivity contribution >= 4 is 0 Å². The normalized spacial score (nSPS) is 14.5. The Morgan fingerprint density at radius 3 is 1.79 bits per heavy atom. The maximum Gasteiger partial charge on any atom is 0.133 e. The topological polar surface area (TPSA) is 41.5 Å². The SMILES string of the molecule is CCCCCCCCCCCCOC(NC)C(C)O. The number of unbranched alkanes of at least 4 members (excludes halogenated alkanes) is 9. The van der Waals surface area contributed by atoms with E-state index in [9.17, 15) is 5.11 Å². The van der Waals surface area contributed by atoms with E-state index in [1.807, 2.05) is 7.05 Å². The molecule has 0 aliphatic rings. The minimum Gasteiger partial charge on any atom is -0.389 e. The summed E-state index contributed by atoms with van der Waals surface area (Å²) in [5, 5.41) is 12.4. The molecule has 0 amide bonds. The Hall–Kier alpha value is -0.120. The van der Waals surface area contributed by atoms with E-state index in [1.165, 1.54) is 57.8 Å². The lowest BCUT2D eigenvalue weighted by Gasteiger charge is -2.19. The Balaban J connectivity index is 3.14. The van der Waals surface area contributed by atoms with Gasteiger partial charge < -0.3 is 9.84 Å². The highest BCUT2D eigenvalue weighted by Gasteiger charge is 2.11. The van der Waals surface area contributed by atoms with Gasteiger partial charge in [-0.05, 0) is 20.4 Å². The first kappa shape index (κ1) is 18.9. The van der Waals surface area contributed by atoms with E-state index in [4.69, 9.17) is 4.74 Å². The number of hydrogen-bond donors (Lipinski definition) is 2. The van der Waals surface area contributed by atoms with Gasteiger partial charge >= 0.3 is 0 Å². The number of nitrogens with one attached hydrogen (secondary N) is 1. The molecule has 0 spiro atoms. The molecule has 2 atom stereocenters. The van der Waals surface area contributed by atoms with E-state index in [-0.39, 0.29) is 6.23 Å². The van der Waals surface area contributed by atoms with Gasteiger partial charge in [0.15, 0.2) is 0 Å². The van der Waals surface area contributed by atoms with Crippen molar-refractivity contribution in [3.05, 3.63) is 0 Å². The van der Waals surface area contributed by atoms with Crippen molar-refractivity contribution in [3.8, 4) is 0 Å². The van der Waals surface area contributed by atoms with Crippen LogP contribution in [0.2, 0.25) is 0 Å². The molecule has 2 unspecified atom stereocenters. The molecular formula is C16H35NO2. The molecule has 3 nitrogen and oxygen atoms in total. The maximum absolute atomic E-state index is 9.39. The predicted molar refractivity (Wildman–Crippen MR) is 82.3 cm³/mol. The molecule has 0 heterocycles. The smallest absolute Gasteiger partial charge is 0.133 e. The van der Waals surface area contributed by atoms with Gasteiger partial charge in [0, 0.05) is 6.61 Å². The molecule has 19 heavy (non-hydrogen) atoms. The molecule has 0 aliphatic heterocycles. The summed E-state index contributed by atoms with van der Waals surface area (Å²) in [6.07, 6.45) is 12.7. The van der Waals surface area contributed by atoms with Crippen LogP contribution < -0.4 is 5.32 Å². The van der Waals surface area contributed by atoms with Crippen LogP contribution >= 0.6 is 0 Å². The van der Waals surface area contributed by atoms with E-state index in [1.54, 1.807) is 6.92 Å². The fourth-order valence-corrected chi connectivity index (χ4v) is 2.26. The quantitative estimate of drug-likeness (QED) is 0.373. The zero-order chi connectivity index (χ0) is 14.3. The summed E-state index contributed by atoms with van der Waals surface area (Å²) < 4.78 is 5.56. The maximum atomic E-state index is 9.39. The number of ether oxygens (including phenoxy) is 1. The second-order valence-corrected chi connectivity index (χ2v) is 5.50. The first-order valence-corrected chi connectivity index (χ1v) is 8.19. The van der Waals surface area contributed by atoms with Gasteiger partial charge in [-0.25, -0.2) is 0 Å². The number of rotatable bonds is 14. The van der Waals surface area contributed by atoms with E-state index in [2.05, 4.69) is 12.2 Å². The molecular weight excluding hydrogens is 238 g/mol. The van der Waals surface area contributed by atoms with Crippen molar-refractivity contribution in [2.24, 2.45) is 0 Å². The van der Waals surface area contributed by atoms with Crippen molar-refractivity contribution in [2.45, 2.75) is 90.4 Å². The summed E-state index contributed by atoms with van der Waals surface area (Å²) in [5.74, 6) is 0. The molecule has 0 radical (unpaired) electrons. The number of likely N-dealkylation sites (N-methyl/N-ethyl adjacent to an activating group) is 1. The molecule has 0 bridgehead atoms. The van der Waals surface area contributed by atoms with Gasteiger partial charge in [-0.1, -0.05) is 64.7 Å². The van der Waals surface area contributed by atoms with Crippen LogP contribution in [-0.4, -0.2) is 31.1 Å². The van der Waals surface area contributed by atoms with Crippen molar-refractivity contribution in [1.82, 2.24) is 5.32 Å². The van der Waals surface area contributed by atoms with Gasteiger partial charge in [0.25, 0.3) is 0 Å². The Morgan fingerprint density at radius 2 is 1.37 bits per heavy atom. The third-order valence-electron chi connectivity index (χ3n) is 3.52. The zero-order valence-corrected chi connectivity index (χ0v) is 13.3. The van der Waals surface area contributed by atoms with Crippen LogP contribution in [0.1, 0.15) is 78.1 Å². The number of aliphatic hydroxyl groups is 1. The molecule has 0 aliphatic carbocycles. The Morgan fingerprint density at radius 1 is 0.895 bits per heavy atom. The molecule has 0 fully saturated rings. The van der Waals surface area contributed by atoms with Crippen molar-refractivity contribution in [1.29, 1.82) is 0 Å². The van der Waals surface area contributed by atoms with E-state index >= 15 is 0 Å². The van der Waals surface area contributed by atoms with Gasteiger partial charge in [0.2, 0.25) is 0 Å². The highest BCUT2D eigenvalue weighted by atomic mass is 16.5. The monoisotopic (exact) mass is 273 g/mol. The molecule has 116 valence electrons. The molecule has 0 rings (SSSR count). The fraction of sp³-hybridized carbons (Fsp3) is 1.00. The number of aliphatic hydroxyl groups excluding tert-OH is 1. The van der Waals surface area contributed by atoms with Crippen LogP contribution in [0.4, 0.5) is 0 Å². The minimum absolute atomic E-state index is 0.224. The second kappa shape index (κ2) is 14.3. The van der Waals surface area contributed by atoms with Crippen molar-refractivity contribution in [2.75, 3.05) is 13.7 Å². The van der Waals surface area contributed by atoms with Crippen molar-refractivity contribution < 1.29 is 9.84 Å². The summed E-state index contributed by atoms with van der Waals surface area (Å²) >= 11 is 0. The van der Waals surface area contributed by atoms with Gasteiger partial charge in [-0.15, -0.1) is 0 Å². The lowest BCUT2D eigenvalue weighted by atomic mass is 10.1. The molecule has 0 aromatic carbocycles. The van der Waals surface area contributed by atoms with Crippen LogP contribution in [0.5, 0.6) is 0 Å². The Bertz CT molecular complexity index is 174. The van der Waals surface area contributed by atoms with Gasteiger partial charge in [-0.3, -0.25) is 5.32 Å². The first-order chi connectivity index (χ1) is 9.22. The molecule has 3 heteroatoms. The molecule has 0 saturated heterocycles. The summed E-state index contributed by atoms with van der Waals surface area (Å²) in [6, 6.07) is 0. The molecule has 2 N–H and O–H groups in total. The summed E-state index contributed by atoms with van der Waals surface area (Å²) in [7, 11) is 1.82. The van der Waals surface area contributed by atoms with Crippen molar-refractivity contribution in [3.63, 3.8) is 0 Å². The predicted octanol–water partition coefficient (Wildman–Crippen LogP) is 3.85. The minimum atomic E-state index is -0.451. The van der Waals surface area contributed by atoms with E-state index in [0.717, 1.165) is 13.0 Å². The largest absolute Gasteiger partial charge is 0.389 e. The lowest BCUT2D eigenvalue weighted by Crippen LogP contribution is -2.38. The molecule has 0 aromatic rings. The van der Waals surface area contributed by atoms with Crippen LogP contribution in [0.15, 0.2) is 0 Å². The molecule has 0 aromatic heterocycles. The first-order valence-electron chi connectivity index (χ1n) is 8.19. The lowest BCUT2D eigenvalue weighted by molar-refractivity contribution is -0.0453. The molecule has 0 saturated carbocycles. The highest BCUT2D eigenvalue weighted by Crippen LogP contribution is 2.10. The third-order valence-corrected chi connectivity index (χ3v) is 3.52. The van der Waals surface area contributed by atoms with Crippen LogP contribution in [0, 0.1) is 0 Å². The van der Waals surface area contributed by atoms with E-state index < -0.39 is 6.10 Å². The summed E-state index contributed by atoms with van der Waals surface area (Å²) in [6.45, 7) is 4.75. The highest BCUT2D eigenvalue weighted by molar-refractivity contribution is 4.58. The summed E-state index contributed by atoms with van der Waals surface area (Å²) in [5.41, 5.74) is 0. The van der Waals surface area contributed by atoms with Crippen LogP contribution in [0.25, 0.3) is 0 Å². The summed E-state index contributed by atoms with van der Waals surface area (Å²) in [4.78, 5) is 0. The van der Waals surface area contributed by atoms with E-state index in [0.29, 0.717) is 0 Å². The second-order valence-electron chi connectivity index (χ2n) is 5.50. The average Bonchev–Trinajstić information content (AvgIpc) is 2.40.